The number of hydrogen-bond acceptors (Lipinski definition) is 3. The fraction of sp³-hybridized carbons (Fsp3) is 0.105. The number of hydrogen-bond donors (Lipinski definition) is 1. The number of benzene rings is 2. The standard InChI is InChI=1S/C19H15FO4/c1-12-10-15(18(24-12)19(21)22)11-23-17-8-4-14(5-9-17)13-2-6-16(20)7-3-13/h2-10H,11H2,1H3,(H,21,22). The van der Waals surface area contributed by atoms with E-state index in [-0.39, 0.29) is 18.2 Å². The number of aryl methyl sites for hydroxylation is 1. The van der Waals surface area contributed by atoms with E-state index in [1.165, 1.54) is 12.1 Å². The van der Waals surface area contributed by atoms with Crippen LogP contribution < -0.4 is 4.74 Å². The molecule has 1 aromatic heterocycles. The zero-order valence-corrected chi connectivity index (χ0v) is 13.0. The van der Waals surface area contributed by atoms with E-state index in [0.29, 0.717) is 17.1 Å². The van der Waals surface area contributed by atoms with Gasteiger partial charge in [0, 0.05) is 5.56 Å². The summed E-state index contributed by atoms with van der Waals surface area (Å²) in [5.74, 6) is -0.360. The van der Waals surface area contributed by atoms with Crippen molar-refractivity contribution < 1.29 is 23.4 Å². The van der Waals surface area contributed by atoms with Crippen molar-refractivity contribution in [1.29, 1.82) is 0 Å². The smallest absolute Gasteiger partial charge is 0.372 e. The lowest BCUT2D eigenvalue weighted by molar-refractivity contribution is 0.0657. The SMILES string of the molecule is Cc1cc(COc2ccc(-c3ccc(F)cc3)cc2)c(C(=O)O)o1. The van der Waals surface area contributed by atoms with Gasteiger partial charge in [-0.25, -0.2) is 9.18 Å². The van der Waals surface area contributed by atoms with Gasteiger partial charge in [0.25, 0.3) is 0 Å². The van der Waals surface area contributed by atoms with Crippen LogP contribution in [0.5, 0.6) is 5.75 Å². The summed E-state index contributed by atoms with van der Waals surface area (Å²) in [6.45, 7) is 1.79. The second-order valence-corrected chi connectivity index (χ2v) is 5.34. The van der Waals surface area contributed by atoms with Crippen LogP contribution in [-0.4, -0.2) is 11.1 Å². The van der Waals surface area contributed by atoms with Gasteiger partial charge < -0.3 is 14.3 Å². The minimum Gasteiger partial charge on any atom is -0.489 e. The van der Waals surface area contributed by atoms with E-state index in [2.05, 4.69) is 0 Å². The number of carbonyl (C=O) groups is 1. The third-order valence-corrected chi connectivity index (χ3v) is 3.55. The third kappa shape index (κ3) is 3.46. The first-order chi connectivity index (χ1) is 11.5. The molecule has 3 aromatic rings. The van der Waals surface area contributed by atoms with E-state index in [9.17, 15) is 9.18 Å². The molecular weight excluding hydrogens is 311 g/mol. The van der Waals surface area contributed by atoms with Gasteiger partial charge in [-0.1, -0.05) is 24.3 Å². The summed E-state index contributed by atoms with van der Waals surface area (Å²) in [6, 6.07) is 15.2. The molecule has 0 aliphatic carbocycles. The van der Waals surface area contributed by atoms with Crippen molar-refractivity contribution in [1.82, 2.24) is 0 Å². The van der Waals surface area contributed by atoms with E-state index < -0.39 is 5.97 Å². The minimum absolute atomic E-state index is 0.101. The number of halogens is 1. The molecule has 4 nitrogen and oxygen atoms in total. The monoisotopic (exact) mass is 326 g/mol. The quantitative estimate of drug-likeness (QED) is 0.740. The minimum atomic E-state index is -1.12. The first-order valence-corrected chi connectivity index (χ1v) is 7.34. The summed E-state index contributed by atoms with van der Waals surface area (Å²) in [7, 11) is 0. The third-order valence-electron chi connectivity index (χ3n) is 3.55. The van der Waals surface area contributed by atoms with Crippen LogP contribution in [0.1, 0.15) is 21.9 Å². The highest BCUT2D eigenvalue weighted by Gasteiger charge is 2.16. The van der Waals surface area contributed by atoms with E-state index in [1.807, 2.05) is 12.1 Å². The molecule has 0 fully saturated rings. The van der Waals surface area contributed by atoms with Gasteiger partial charge in [-0.2, -0.15) is 0 Å². The molecule has 1 N–H and O–H groups in total. The maximum absolute atomic E-state index is 12.9. The van der Waals surface area contributed by atoms with Crippen molar-refractivity contribution in [2.45, 2.75) is 13.5 Å². The number of carboxylic acids is 1. The molecule has 0 bridgehead atoms. The molecule has 0 aliphatic rings. The highest BCUT2D eigenvalue weighted by Crippen LogP contribution is 2.24. The summed E-state index contributed by atoms with van der Waals surface area (Å²) < 4.78 is 23.7. The molecule has 0 saturated carbocycles. The Balaban J connectivity index is 1.71. The predicted octanol–water partition coefficient (Wildman–Crippen LogP) is 4.67. The van der Waals surface area contributed by atoms with Crippen molar-refractivity contribution >= 4 is 5.97 Å². The Kier molecular flexibility index (Phi) is 4.33. The molecule has 0 atom stereocenters. The lowest BCUT2D eigenvalue weighted by atomic mass is 10.1. The van der Waals surface area contributed by atoms with Gasteiger partial charge in [0.1, 0.15) is 23.9 Å². The number of rotatable bonds is 5. The first-order valence-electron chi connectivity index (χ1n) is 7.34. The molecule has 0 aliphatic heterocycles. The van der Waals surface area contributed by atoms with Gasteiger partial charge in [-0.3, -0.25) is 0 Å². The second-order valence-electron chi connectivity index (χ2n) is 5.34. The van der Waals surface area contributed by atoms with E-state index >= 15 is 0 Å². The highest BCUT2D eigenvalue weighted by atomic mass is 19.1. The molecule has 24 heavy (non-hydrogen) atoms. The Morgan fingerprint density at radius 2 is 1.67 bits per heavy atom. The molecule has 3 rings (SSSR count). The van der Waals surface area contributed by atoms with Crippen LogP contribution in [0.25, 0.3) is 11.1 Å². The molecule has 0 saturated heterocycles. The molecule has 1 heterocycles. The maximum Gasteiger partial charge on any atom is 0.372 e. The lowest BCUT2D eigenvalue weighted by Crippen LogP contribution is -2.02. The van der Waals surface area contributed by atoms with Gasteiger partial charge in [0.2, 0.25) is 5.76 Å². The van der Waals surface area contributed by atoms with Crippen molar-refractivity contribution in [2.75, 3.05) is 0 Å². The van der Waals surface area contributed by atoms with Crippen LogP contribution in [0.15, 0.2) is 59.0 Å². The second kappa shape index (κ2) is 6.58. The number of aromatic carboxylic acids is 1. The number of carboxylic acid groups (broad SMARTS) is 1. The molecule has 0 radical (unpaired) electrons. The fourth-order valence-corrected chi connectivity index (χ4v) is 2.40. The van der Waals surface area contributed by atoms with Crippen LogP contribution in [0.2, 0.25) is 0 Å². The lowest BCUT2D eigenvalue weighted by Gasteiger charge is -2.07. The highest BCUT2D eigenvalue weighted by molar-refractivity contribution is 5.86. The molecule has 0 spiro atoms. The Bertz CT molecular complexity index is 848. The van der Waals surface area contributed by atoms with Crippen LogP contribution in [0.3, 0.4) is 0 Å². The number of furan rings is 1. The van der Waals surface area contributed by atoms with E-state index in [0.717, 1.165) is 11.1 Å². The Hall–Kier alpha value is -3.08. The predicted molar refractivity (Wildman–Crippen MR) is 86.6 cm³/mol. The Morgan fingerprint density at radius 1 is 1.08 bits per heavy atom. The number of ether oxygens (including phenoxy) is 1. The van der Waals surface area contributed by atoms with Gasteiger partial charge in [0.15, 0.2) is 0 Å². The molecule has 122 valence electrons. The van der Waals surface area contributed by atoms with Crippen molar-refractivity contribution in [2.24, 2.45) is 0 Å². The normalized spacial score (nSPS) is 10.6. The maximum atomic E-state index is 12.9. The Labute approximate surface area is 138 Å². The van der Waals surface area contributed by atoms with E-state index in [4.69, 9.17) is 14.3 Å². The van der Waals surface area contributed by atoms with Crippen molar-refractivity contribution in [3.63, 3.8) is 0 Å². The Morgan fingerprint density at radius 3 is 2.25 bits per heavy atom. The zero-order chi connectivity index (χ0) is 17.1. The van der Waals surface area contributed by atoms with E-state index in [1.54, 1.807) is 37.3 Å². The molecule has 0 amide bonds. The summed E-state index contributed by atoms with van der Waals surface area (Å²) >= 11 is 0. The van der Waals surface area contributed by atoms with Crippen LogP contribution in [-0.2, 0) is 6.61 Å². The van der Waals surface area contributed by atoms with Crippen LogP contribution in [0, 0.1) is 12.7 Å². The summed E-state index contributed by atoms with van der Waals surface area (Å²) in [5.41, 5.74) is 2.33. The zero-order valence-electron chi connectivity index (χ0n) is 13.0. The summed E-state index contributed by atoms with van der Waals surface area (Å²) in [6.07, 6.45) is 0. The fourth-order valence-electron chi connectivity index (χ4n) is 2.40. The van der Waals surface area contributed by atoms with Gasteiger partial charge in [0.05, 0.1) is 0 Å². The van der Waals surface area contributed by atoms with Gasteiger partial charge in [-0.05, 0) is 48.4 Å². The van der Waals surface area contributed by atoms with Crippen molar-refractivity contribution in [3.05, 3.63) is 77.5 Å². The summed E-state index contributed by atoms with van der Waals surface area (Å²) in [4.78, 5) is 11.1. The average molecular weight is 326 g/mol. The molecular formula is C19H15FO4. The average Bonchev–Trinajstić information content (AvgIpc) is 2.95. The topological polar surface area (TPSA) is 59.7 Å². The molecule has 5 heteroatoms. The van der Waals surface area contributed by atoms with Crippen LogP contribution >= 0.6 is 0 Å². The van der Waals surface area contributed by atoms with Gasteiger partial charge in [-0.15, -0.1) is 0 Å². The summed E-state index contributed by atoms with van der Waals surface area (Å²) in [5, 5.41) is 9.08. The first kappa shape index (κ1) is 15.8. The van der Waals surface area contributed by atoms with Gasteiger partial charge >= 0.3 is 5.97 Å². The molecule has 0 unspecified atom stereocenters. The largest absolute Gasteiger partial charge is 0.489 e. The van der Waals surface area contributed by atoms with Crippen molar-refractivity contribution in [3.8, 4) is 16.9 Å². The van der Waals surface area contributed by atoms with Crippen LogP contribution in [0.4, 0.5) is 4.39 Å². The molecule has 2 aromatic carbocycles.